The maximum atomic E-state index is 12.6. The molecule has 0 bridgehead atoms. The summed E-state index contributed by atoms with van der Waals surface area (Å²) in [6, 6.07) is 3.80. The molecule has 1 aromatic heterocycles. The third kappa shape index (κ3) is 9.13. The van der Waals surface area contributed by atoms with Crippen molar-refractivity contribution in [1.82, 2.24) is 4.98 Å². The fraction of sp³-hybridized carbons (Fsp3) is 0.471. The third-order valence-corrected chi connectivity index (χ3v) is 5.32. The molecule has 0 spiro atoms. The first-order valence-electron chi connectivity index (χ1n) is 8.55. The number of aromatic nitrogens is 1. The Morgan fingerprint density at radius 3 is 1.76 bits per heavy atom. The summed E-state index contributed by atoms with van der Waals surface area (Å²) in [5.41, 5.74) is -10.5. The number of pyridine rings is 1. The highest BCUT2D eigenvalue weighted by atomic mass is 32.2. The van der Waals surface area contributed by atoms with E-state index in [1.807, 2.05) is 0 Å². The largest absolute Gasteiger partial charge is 0.534 e. The molecule has 0 amide bonds. The molecule has 1 heterocycles. The predicted octanol–water partition coefficient (Wildman–Crippen LogP) is 3.59. The number of hydrogen-bond donors (Lipinski definition) is 2. The van der Waals surface area contributed by atoms with Gasteiger partial charge in [0.25, 0.3) is 0 Å². The highest BCUT2D eigenvalue weighted by Gasteiger charge is 2.52. The van der Waals surface area contributed by atoms with Gasteiger partial charge in [-0.3, -0.25) is 10.1 Å². The second-order valence-electron chi connectivity index (χ2n) is 6.85. The van der Waals surface area contributed by atoms with Crippen LogP contribution in [-0.4, -0.2) is 55.0 Å². The van der Waals surface area contributed by atoms with Crippen molar-refractivity contribution in [2.75, 3.05) is 6.54 Å². The van der Waals surface area contributed by atoms with Gasteiger partial charge in [0.1, 0.15) is 0 Å². The number of fused-ring (bicyclic) bond motifs is 1. The maximum absolute atomic E-state index is 12.6. The number of rotatable bonds is 6. The van der Waals surface area contributed by atoms with E-state index in [-0.39, 0.29) is 14.9 Å². The molecule has 0 aliphatic carbocycles. The van der Waals surface area contributed by atoms with Crippen molar-refractivity contribution in [1.29, 1.82) is 0 Å². The van der Waals surface area contributed by atoms with Crippen LogP contribution in [0.1, 0.15) is 28.7 Å². The Morgan fingerprint density at radius 2 is 1.38 bits per heavy atom. The number of nitro groups is 1. The first-order valence-corrected chi connectivity index (χ1v) is 11.4. The van der Waals surface area contributed by atoms with Crippen LogP contribution in [0.25, 0.3) is 10.9 Å². The number of halogens is 6. The van der Waals surface area contributed by atoms with Crippen LogP contribution in [0.5, 0.6) is 11.6 Å². The van der Waals surface area contributed by atoms with Crippen LogP contribution in [0, 0.1) is 10.1 Å². The summed E-state index contributed by atoms with van der Waals surface area (Å²) in [6.45, 7) is 3.67. The Hall–Kier alpha value is -2.97. The number of alkyl halides is 6. The Labute approximate surface area is 207 Å². The molecule has 0 aliphatic heterocycles. The number of aliphatic hydroxyl groups is 1. The second kappa shape index (κ2) is 12.0. The Morgan fingerprint density at radius 1 is 0.973 bits per heavy atom. The van der Waals surface area contributed by atoms with Crippen molar-refractivity contribution in [3.05, 3.63) is 34.4 Å². The summed E-state index contributed by atoms with van der Waals surface area (Å²) < 4.78 is 127. The van der Waals surface area contributed by atoms with Gasteiger partial charge in [0.15, 0.2) is 0 Å². The van der Waals surface area contributed by atoms with E-state index in [0.29, 0.717) is 6.54 Å². The normalized spacial score (nSPS) is 12.4. The van der Waals surface area contributed by atoms with Crippen molar-refractivity contribution < 1.29 is 61.6 Å². The molecule has 0 radical (unpaired) electrons. The zero-order valence-electron chi connectivity index (χ0n) is 17.3. The van der Waals surface area contributed by atoms with Gasteiger partial charge in [-0.2, -0.15) is 43.2 Å². The summed E-state index contributed by atoms with van der Waals surface area (Å²) in [6.07, 6.45) is 0. The van der Waals surface area contributed by atoms with E-state index >= 15 is 0 Å². The molecule has 20 heteroatoms. The summed E-state index contributed by atoms with van der Waals surface area (Å²) >= 11 is 0. The fourth-order valence-electron chi connectivity index (χ4n) is 1.76. The van der Waals surface area contributed by atoms with Crippen LogP contribution in [0.3, 0.4) is 0 Å². The Bertz CT molecular complexity index is 1310. The molecule has 0 unspecified atom stereocenters. The SMILES string of the molecule is C.C.CC(C)(O)CN.O=[N+]([O-])c1c(OS(=O)(=O)C(F)(F)F)nc2ccccc2c1OS(=O)(=O)C(F)(F)F. The zero-order valence-corrected chi connectivity index (χ0v) is 18.9. The lowest BCUT2D eigenvalue weighted by Gasteiger charge is -2.14. The predicted molar refractivity (Wildman–Crippen MR) is 118 cm³/mol. The second-order valence-corrected chi connectivity index (χ2v) is 9.93. The monoisotopic (exact) mass is 591 g/mol. The van der Waals surface area contributed by atoms with Gasteiger partial charge in [-0.15, -0.1) is 0 Å². The van der Waals surface area contributed by atoms with E-state index in [2.05, 4.69) is 13.4 Å². The highest BCUT2D eigenvalue weighted by Crippen LogP contribution is 2.44. The number of nitrogens with two attached hydrogens (primary N) is 1. The van der Waals surface area contributed by atoms with Crippen molar-refractivity contribution in [3.63, 3.8) is 0 Å². The molecule has 0 fully saturated rings. The molecule has 2 aromatic rings. The van der Waals surface area contributed by atoms with Gasteiger partial charge in [-0.05, 0) is 26.0 Å². The number of benzene rings is 1. The maximum Gasteiger partial charge on any atom is 0.534 e. The van der Waals surface area contributed by atoms with E-state index in [9.17, 15) is 53.3 Å². The van der Waals surface area contributed by atoms with Gasteiger partial charge in [-0.25, -0.2) is 4.98 Å². The summed E-state index contributed by atoms with van der Waals surface area (Å²) in [5.74, 6) is -3.70. The summed E-state index contributed by atoms with van der Waals surface area (Å²) in [4.78, 5) is 12.6. The lowest BCUT2D eigenvalue weighted by atomic mass is 10.1. The molecular formula is C17H23F6N3O9S2. The van der Waals surface area contributed by atoms with Gasteiger partial charge in [0.2, 0.25) is 5.75 Å². The van der Waals surface area contributed by atoms with Gasteiger partial charge < -0.3 is 19.2 Å². The average molecular weight is 592 g/mol. The Kier molecular flexibility index (Phi) is 11.8. The van der Waals surface area contributed by atoms with Crippen LogP contribution in [-0.2, 0) is 20.2 Å². The fourth-order valence-corrected chi connectivity index (χ4v) is 2.66. The summed E-state index contributed by atoms with van der Waals surface area (Å²) in [7, 11) is -13.1. The molecule has 0 aliphatic rings. The zero-order chi connectivity index (χ0) is 27.6. The van der Waals surface area contributed by atoms with Gasteiger partial charge >= 0.3 is 42.8 Å². The molecule has 37 heavy (non-hydrogen) atoms. The van der Waals surface area contributed by atoms with E-state index in [1.54, 1.807) is 13.8 Å². The molecule has 12 nitrogen and oxygen atoms in total. The number of para-hydroxylation sites is 1. The first-order chi connectivity index (χ1) is 15.5. The van der Waals surface area contributed by atoms with Crippen molar-refractivity contribution >= 4 is 36.8 Å². The summed E-state index contributed by atoms with van der Waals surface area (Å²) in [5, 5.41) is 19.2. The van der Waals surface area contributed by atoms with Crippen molar-refractivity contribution in [2.24, 2.45) is 5.73 Å². The van der Waals surface area contributed by atoms with Gasteiger partial charge in [0, 0.05) is 6.54 Å². The van der Waals surface area contributed by atoms with Crippen molar-refractivity contribution in [2.45, 2.75) is 45.3 Å². The van der Waals surface area contributed by atoms with Crippen molar-refractivity contribution in [3.8, 4) is 11.6 Å². The minimum absolute atomic E-state index is 0. The van der Waals surface area contributed by atoms with E-state index < -0.39 is 70.0 Å². The van der Waals surface area contributed by atoms with Crippen LogP contribution < -0.4 is 14.1 Å². The average Bonchev–Trinajstić information content (AvgIpc) is 2.65. The number of nitrogens with zero attached hydrogens (tertiary/aromatic N) is 2. The molecule has 2 rings (SSSR count). The van der Waals surface area contributed by atoms with Crippen LogP contribution in [0.4, 0.5) is 32.0 Å². The van der Waals surface area contributed by atoms with Crippen LogP contribution >= 0.6 is 0 Å². The van der Waals surface area contributed by atoms with E-state index in [1.165, 1.54) is 0 Å². The number of hydrogen-bond acceptors (Lipinski definition) is 11. The molecule has 0 saturated carbocycles. The first kappa shape index (κ1) is 36.2. The smallest absolute Gasteiger partial charge is 0.389 e. The highest BCUT2D eigenvalue weighted by molar-refractivity contribution is 7.88. The minimum atomic E-state index is -6.56. The van der Waals surface area contributed by atoms with E-state index in [0.717, 1.165) is 24.3 Å². The molecule has 0 atom stereocenters. The molecule has 1 aromatic carbocycles. The lowest BCUT2D eigenvalue weighted by Crippen LogP contribution is -2.29. The van der Waals surface area contributed by atoms with Crippen LogP contribution in [0.15, 0.2) is 24.3 Å². The topological polar surface area (TPSA) is 189 Å². The van der Waals surface area contributed by atoms with Gasteiger partial charge in [0.05, 0.1) is 21.4 Å². The third-order valence-electron chi connectivity index (χ3n) is 3.42. The standard InChI is InChI=1S/C11H4F6N2O8S2.C4H11NO.2CH4/c12-10(13,14)28(22,23)26-8-5-3-1-2-4-6(5)18-9(7(8)19(20)21)27-29(24,25)11(15,16)17;1-4(2,6)3-5;;/h1-4H;6H,3,5H2,1-2H3;2*1H4. The Balaban J connectivity index is 0. The molecule has 214 valence electrons. The molecule has 3 N–H and O–H groups in total. The molecular weight excluding hydrogens is 568 g/mol. The van der Waals surface area contributed by atoms with Crippen LogP contribution in [0.2, 0.25) is 0 Å². The molecule has 0 saturated heterocycles. The van der Waals surface area contributed by atoms with E-state index in [4.69, 9.17) is 10.8 Å². The van der Waals surface area contributed by atoms with Gasteiger partial charge in [-0.1, -0.05) is 27.0 Å². The lowest BCUT2D eigenvalue weighted by molar-refractivity contribution is -0.386. The quantitative estimate of drug-likeness (QED) is 0.164. The minimum Gasteiger partial charge on any atom is -0.389 e.